The maximum Gasteiger partial charge on any atom is 0.255 e. The summed E-state index contributed by atoms with van der Waals surface area (Å²) in [6, 6.07) is 8.06. The van der Waals surface area contributed by atoms with Crippen molar-refractivity contribution in [3.63, 3.8) is 0 Å². The molecule has 8 nitrogen and oxygen atoms in total. The number of thioether (sulfide) groups is 1. The van der Waals surface area contributed by atoms with Crippen molar-refractivity contribution in [2.75, 3.05) is 45.8 Å². The third kappa shape index (κ3) is 7.81. The molecular formula is C23H32N6O2S. The van der Waals surface area contributed by atoms with E-state index in [1.54, 1.807) is 18.0 Å². The van der Waals surface area contributed by atoms with E-state index in [0.29, 0.717) is 24.5 Å². The molecule has 32 heavy (non-hydrogen) atoms. The van der Waals surface area contributed by atoms with Gasteiger partial charge < -0.3 is 19.5 Å². The van der Waals surface area contributed by atoms with Crippen molar-refractivity contribution >= 4 is 17.7 Å². The van der Waals surface area contributed by atoms with E-state index in [1.807, 2.05) is 58.7 Å². The van der Waals surface area contributed by atoms with Crippen LogP contribution in [0, 0.1) is 0 Å². The van der Waals surface area contributed by atoms with E-state index >= 15 is 0 Å². The highest BCUT2D eigenvalue weighted by Gasteiger charge is 2.06. The van der Waals surface area contributed by atoms with E-state index in [-0.39, 0.29) is 5.56 Å². The number of hydrogen-bond donors (Lipinski definition) is 2. The molecule has 172 valence electrons. The molecule has 0 saturated heterocycles. The number of furan rings is 1. The topological polar surface area (TPSA) is 90.3 Å². The molecule has 0 unspecified atom stereocenters. The van der Waals surface area contributed by atoms with Crippen molar-refractivity contribution in [3.8, 4) is 0 Å². The SMILES string of the molecule is CN(C)Cc1ccc(Cc2cnc(NCCSCc3ccc(CN(C)C)o3)[nH]c2=O)cn1. The smallest absolute Gasteiger partial charge is 0.255 e. The van der Waals surface area contributed by atoms with Gasteiger partial charge in [0.05, 0.1) is 18.0 Å². The molecule has 0 radical (unpaired) electrons. The molecule has 0 aromatic carbocycles. The Bertz CT molecular complexity index is 1030. The number of H-pyrrole nitrogens is 1. The summed E-state index contributed by atoms with van der Waals surface area (Å²) in [4.78, 5) is 28.2. The zero-order valence-corrected chi connectivity index (χ0v) is 20.0. The summed E-state index contributed by atoms with van der Waals surface area (Å²) in [5, 5.41) is 3.18. The minimum absolute atomic E-state index is 0.128. The molecule has 0 aliphatic rings. The van der Waals surface area contributed by atoms with Gasteiger partial charge in [0.1, 0.15) is 11.5 Å². The second-order valence-corrected chi connectivity index (χ2v) is 9.35. The first kappa shape index (κ1) is 24.0. The fourth-order valence-corrected chi connectivity index (χ4v) is 3.89. The Balaban J connectivity index is 1.42. The molecular weight excluding hydrogens is 424 g/mol. The van der Waals surface area contributed by atoms with Crippen molar-refractivity contribution in [1.29, 1.82) is 0 Å². The Kier molecular flexibility index (Phi) is 8.90. The van der Waals surface area contributed by atoms with Crippen molar-refractivity contribution in [1.82, 2.24) is 24.8 Å². The zero-order chi connectivity index (χ0) is 22.9. The van der Waals surface area contributed by atoms with Gasteiger partial charge in [-0.1, -0.05) is 6.07 Å². The number of hydrogen-bond acceptors (Lipinski definition) is 8. The molecule has 3 rings (SSSR count). The van der Waals surface area contributed by atoms with Crippen molar-refractivity contribution in [2.24, 2.45) is 0 Å². The van der Waals surface area contributed by atoms with Crippen LogP contribution >= 0.6 is 11.8 Å². The lowest BCUT2D eigenvalue weighted by Gasteiger charge is -2.09. The van der Waals surface area contributed by atoms with Crippen LogP contribution in [-0.2, 0) is 25.3 Å². The molecule has 0 amide bonds. The fraction of sp³-hybridized carbons (Fsp3) is 0.435. The lowest BCUT2D eigenvalue weighted by atomic mass is 10.1. The first-order valence-electron chi connectivity index (χ1n) is 10.6. The van der Waals surface area contributed by atoms with Crippen LogP contribution in [0.1, 0.15) is 28.3 Å². The average Bonchev–Trinajstić information content (AvgIpc) is 3.17. The van der Waals surface area contributed by atoms with Crippen LogP contribution in [0.3, 0.4) is 0 Å². The Hall–Kier alpha value is -2.62. The summed E-state index contributed by atoms with van der Waals surface area (Å²) in [6.07, 6.45) is 3.97. The van der Waals surface area contributed by atoms with Gasteiger partial charge in [-0.25, -0.2) is 4.98 Å². The average molecular weight is 457 g/mol. The van der Waals surface area contributed by atoms with Gasteiger partial charge in [0.2, 0.25) is 5.95 Å². The summed E-state index contributed by atoms with van der Waals surface area (Å²) in [5.41, 5.74) is 2.49. The number of nitrogens with one attached hydrogen (secondary N) is 2. The van der Waals surface area contributed by atoms with Crippen LogP contribution in [-0.4, -0.2) is 65.2 Å². The lowest BCUT2D eigenvalue weighted by Crippen LogP contribution is -2.18. The first-order valence-corrected chi connectivity index (χ1v) is 11.7. The molecule has 0 atom stereocenters. The number of anilines is 1. The summed E-state index contributed by atoms with van der Waals surface area (Å²) in [6.45, 7) is 2.30. The van der Waals surface area contributed by atoms with Crippen LogP contribution in [0.4, 0.5) is 5.95 Å². The predicted molar refractivity (Wildman–Crippen MR) is 130 cm³/mol. The lowest BCUT2D eigenvalue weighted by molar-refractivity contribution is 0.344. The maximum atomic E-state index is 12.4. The summed E-state index contributed by atoms with van der Waals surface area (Å²) >= 11 is 1.77. The highest BCUT2D eigenvalue weighted by molar-refractivity contribution is 7.98. The number of aromatic amines is 1. The van der Waals surface area contributed by atoms with Gasteiger partial charge in [-0.2, -0.15) is 11.8 Å². The van der Waals surface area contributed by atoms with Crippen LogP contribution in [0.2, 0.25) is 0 Å². The van der Waals surface area contributed by atoms with Gasteiger partial charge in [-0.15, -0.1) is 0 Å². The Morgan fingerprint density at radius 3 is 2.47 bits per heavy atom. The van der Waals surface area contributed by atoms with Gasteiger partial charge in [0.25, 0.3) is 5.56 Å². The van der Waals surface area contributed by atoms with Gasteiger partial charge in [-0.3, -0.25) is 14.8 Å². The number of nitrogens with zero attached hydrogens (tertiary/aromatic N) is 4. The zero-order valence-electron chi connectivity index (χ0n) is 19.2. The van der Waals surface area contributed by atoms with E-state index in [2.05, 4.69) is 30.1 Å². The molecule has 0 aliphatic heterocycles. The van der Waals surface area contributed by atoms with E-state index in [0.717, 1.165) is 47.4 Å². The highest BCUT2D eigenvalue weighted by atomic mass is 32.2. The maximum absolute atomic E-state index is 12.4. The second kappa shape index (κ2) is 11.8. The minimum atomic E-state index is -0.128. The van der Waals surface area contributed by atoms with Crippen LogP contribution < -0.4 is 10.9 Å². The largest absolute Gasteiger partial charge is 0.464 e. The standard InChI is InChI=1S/C23H32N6O2S/c1-28(2)14-19-6-5-17(12-25-19)11-18-13-26-23(27-22(18)30)24-9-10-32-16-21-8-7-20(31-21)15-29(3)4/h5-8,12-13H,9-11,14-16H2,1-4H3,(H2,24,26,27,30). The molecule has 3 aromatic heterocycles. The molecule has 3 aromatic rings. The summed E-state index contributed by atoms with van der Waals surface area (Å²) in [5.74, 6) is 4.14. The number of pyridine rings is 1. The second-order valence-electron chi connectivity index (χ2n) is 8.24. The molecule has 0 fully saturated rings. The van der Waals surface area contributed by atoms with Gasteiger partial charge in [-0.05, 0) is 52.0 Å². The normalized spacial score (nSPS) is 11.4. The molecule has 0 spiro atoms. The summed E-state index contributed by atoms with van der Waals surface area (Å²) in [7, 11) is 8.06. The molecule has 3 heterocycles. The third-order valence-electron chi connectivity index (χ3n) is 4.60. The third-order valence-corrected chi connectivity index (χ3v) is 5.59. The molecule has 0 bridgehead atoms. The Labute approximate surface area is 193 Å². The van der Waals surface area contributed by atoms with E-state index in [1.165, 1.54) is 0 Å². The van der Waals surface area contributed by atoms with Crippen LogP contribution in [0.25, 0.3) is 0 Å². The first-order chi connectivity index (χ1) is 15.4. The van der Waals surface area contributed by atoms with E-state index in [9.17, 15) is 4.79 Å². The van der Waals surface area contributed by atoms with Gasteiger partial charge >= 0.3 is 0 Å². The van der Waals surface area contributed by atoms with Crippen LogP contribution in [0.5, 0.6) is 0 Å². The van der Waals surface area contributed by atoms with Crippen molar-refractivity contribution < 1.29 is 4.42 Å². The van der Waals surface area contributed by atoms with E-state index in [4.69, 9.17) is 4.42 Å². The van der Waals surface area contributed by atoms with Crippen molar-refractivity contribution in [2.45, 2.75) is 25.3 Å². The Morgan fingerprint density at radius 1 is 1.00 bits per heavy atom. The van der Waals surface area contributed by atoms with Crippen molar-refractivity contribution in [3.05, 3.63) is 75.4 Å². The van der Waals surface area contributed by atoms with Gasteiger partial charge in [0.15, 0.2) is 0 Å². The van der Waals surface area contributed by atoms with E-state index < -0.39 is 0 Å². The molecule has 0 aliphatic carbocycles. The minimum Gasteiger partial charge on any atom is -0.464 e. The highest BCUT2D eigenvalue weighted by Crippen LogP contribution is 2.16. The molecule has 9 heteroatoms. The fourth-order valence-electron chi connectivity index (χ4n) is 3.14. The number of aromatic nitrogens is 3. The van der Waals surface area contributed by atoms with Gasteiger partial charge in [0, 0.05) is 43.2 Å². The Morgan fingerprint density at radius 2 is 1.78 bits per heavy atom. The summed E-state index contributed by atoms with van der Waals surface area (Å²) < 4.78 is 5.81. The number of rotatable bonds is 12. The molecule has 0 saturated carbocycles. The quantitative estimate of drug-likeness (QED) is 0.402. The monoisotopic (exact) mass is 456 g/mol. The molecule has 2 N–H and O–H groups in total. The van der Waals surface area contributed by atoms with Crippen LogP contribution in [0.15, 0.2) is 45.9 Å². The predicted octanol–water partition coefficient (Wildman–Crippen LogP) is 2.82.